The third kappa shape index (κ3) is 3.07. The van der Waals surface area contributed by atoms with Gasteiger partial charge in [0.1, 0.15) is 0 Å². The van der Waals surface area contributed by atoms with Crippen molar-refractivity contribution in [3.05, 3.63) is 23.8 Å². The summed E-state index contributed by atoms with van der Waals surface area (Å²) in [5.41, 5.74) is 3.39. The summed E-state index contributed by atoms with van der Waals surface area (Å²) in [5, 5.41) is 6.72. The van der Waals surface area contributed by atoms with Crippen LogP contribution in [0.3, 0.4) is 0 Å². The molecule has 2 N–H and O–H groups in total. The van der Waals surface area contributed by atoms with Gasteiger partial charge >= 0.3 is 0 Å². The van der Waals surface area contributed by atoms with E-state index >= 15 is 0 Å². The number of aryl methyl sites for hydroxylation is 1. The van der Waals surface area contributed by atoms with Crippen LogP contribution >= 0.6 is 0 Å². The van der Waals surface area contributed by atoms with E-state index in [-0.39, 0.29) is 11.4 Å². The Morgan fingerprint density at radius 3 is 2.74 bits per heavy atom. The van der Waals surface area contributed by atoms with E-state index in [9.17, 15) is 4.79 Å². The Morgan fingerprint density at radius 1 is 1.32 bits per heavy atom. The minimum Gasteiger partial charge on any atom is -0.379 e. The van der Waals surface area contributed by atoms with Crippen LogP contribution in [0.4, 0.5) is 11.4 Å². The fraction of sp³-hybridized carbons (Fsp3) is 0.533. The van der Waals surface area contributed by atoms with E-state index in [1.165, 1.54) is 5.56 Å². The quantitative estimate of drug-likeness (QED) is 0.871. The van der Waals surface area contributed by atoms with Gasteiger partial charge in [-0.3, -0.25) is 4.79 Å². The second kappa shape index (κ2) is 5.21. The normalized spacial score (nSPS) is 15.4. The fourth-order valence-electron chi connectivity index (χ4n) is 2.61. The van der Waals surface area contributed by atoms with Crippen LogP contribution in [0, 0.1) is 0 Å². The maximum atomic E-state index is 11.7. The maximum Gasteiger partial charge on any atom is 0.227 e. The molecule has 1 heterocycles. The van der Waals surface area contributed by atoms with Crippen LogP contribution in [-0.2, 0) is 11.2 Å². The number of hydrogen-bond donors (Lipinski definition) is 2. The molecule has 1 aromatic carbocycles. The first-order valence-corrected chi connectivity index (χ1v) is 6.75. The molecule has 0 aliphatic carbocycles. The van der Waals surface area contributed by atoms with Gasteiger partial charge in [0, 0.05) is 36.9 Å². The Labute approximate surface area is 115 Å². The van der Waals surface area contributed by atoms with Crippen LogP contribution in [0.5, 0.6) is 0 Å². The van der Waals surface area contributed by atoms with E-state index in [4.69, 9.17) is 0 Å². The molecule has 0 saturated heterocycles. The van der Waals surface area contributed by atoms with E-state index in [1.807, 2.05) is 26.2 Å². The number of benzene rings is 1. The summed E-state index contributed by atoms with van der Waals surface area (Å²) in [7, 11) is 3.80. The van der Waals surface area contributed by atoms with E-state index in [2.05, 4.69) is 30.5 Å². The number of carbonyl (C=O) groups is 1. The minimum absolute atomic E-state index is 0.000620. The molecule has 4 heteroatoms. The molecule has 1 aromatic rings. The van der Waals surface area contributed by atoms with Crippen LogP contribution in [0.1, 0.15) is 25.8 Å². The minimum atomic E-state index is -0.000620. The van der Waals surface area contributed by atoms with Crippen molar-refractivity contribution in [1.29, 1.82) is 0 Å². The van der Waals surface area contributed by atoms with Gasteiger partial charge in [0.2, 0.25) is 5.91 Å². The summed E-state index contributed by atoms with van der Waals surface area (Å²) in [5.74, 6) is 0.198. The van der Waals surface area contributed by atoms with Crippen LogP contribution in [0.15, 0.2) is 18.2 Å². The number of carbonyl (C=O) groups excluding carboxylic acids is 1. The largest absolute Gasteiger partial charge is 0.379 e. The monoisotopic (exact) mass is 261 g/mol. The van der Waals surface area contributed by atoms with Gasteiger partial charge in [-0.05, 0) is 51.1 Å². The summed E-state index contributed by atoms with van der Waals surface area (Å²) >= 11 is 0. The van der Waals surface area contributed by atoms with Gasteiger partial charge in [-0.15, -0.1) is 0 Å². The molecule has 1 aliphatic rings. The van der Waals surface area contributed by atoms with Crippen molar-refractivity contribution in [3.63, 3.8) is 0 Å². The molecular formula is C15H23N3O. The lowest BCUT2D eigenvalue weighted by molar-refractivity contribution is -0.118. The Bertz CT molecular complexity index is 482. The van der Waals surface area contributed by atoms with Gasteiger partial charge in [-0.25, -0.2) is 0 Å². The van der Waals surface area contributed by atoms with E-state index < -0.39 is 0 Å². The first kappa shape index (κ1) is 13.9. The molecule has 0 radical (unpaired) electrons. The summed E-state index contributed by atoms with van der Waals surface area (Å²) < 4.78 is 0. The van der Waals surface area contributed by atoms with Crippen molar-refractivity contribution in [1.82, 2.24) is 5.32 Å². The molecule has 0 fully saturated rings. The van der Waals surface area contributed by atoms with Crippen molar-refractivity contribution in [2.24, 2.45) is 0 Å². The number of nitrogens with one attached hydrogen (secondary N) is 2. The topological polar surface area (TPSA) is 44.4 Å². The average Bonchev–Trinajstić information content (AvgIpc) is 2.33. The second-order valence-electron chi connectivity index (χ2n) is 5.84. The van der Waals surface area contributed by atoms with Crippen LogP contribution in [0.25, 0.3) is 0 Å². The molecule has 104 valence electrons. The first-order chi connectivity index (χ1) is 8.93. The molecular weight excluding hydrogens is 238 g/mol. The highest BCUT2D eigenvalue weighted by Crippen LogP contribution is 2.30. The van der Waals surface area contributed by atoms with Crippen molar-refractivity contribution in [2.75, 3.05) is 30.9 Å². The molecule has 19 heavy (non-hydrogen) atoms. The van der Waals surface area contributed by atoms with E-state index in [0.717, 1.165) is 24.3 Å². The Hall–Kier alpha value is -1.55. The van der Waals surface area contributed by atoms with Gasteiger partial charge in [-0.1, -0.05) is 0 Å². The predicted octanol–water partition coefficient (Wildman–Crippen LogP) is 2.01. The van der Waals surface area contributed by atoms with Gasteiger partial charge in [0.25, 0.3) is 0 Å². The van der Waals surface area contributed by atoms with Crippen LogP contribution in [-0.4, -0.2) is 32.1 Å². The lowest BCUT2D eigenvalue weighted by Crippen LogP contribution is -2.40. The number of anilines is 2. The Kier molecular flexibility index (Phi) is 3.80. The zero-order valence-electron chi connectivity index (χ0n) is 12.2. The van der Waals surface area contributed by atoms with Gasteiger partial charge in [0.05, 0.1) is 0 Å². The molecule has 0 atom stereocenters. The summed E-state index contributed by atoms with van der Waals surface area (Å²) in [4.78, 5) is 13.4. The SMILES string of the molecule is CNCC(C)(C)Nc1ccc2c(c1)CCC(=O)N2C. The number of rotatable bonds is 4. The molecule has 2 rings (SSSR count). The number of nitrogens with zero attached hydrogens (tertiary/aromatic N) is 1. The van der Waals surface area contributed by atoms with Crippen molar-refractivity contribution >= 4 is 17.3 Å². The second-order valence-corrected chi connectivity index (χ2v) is 5.84. The zero-order chi connectivity index (χ0) is 14.0. The number of amides is 1. The van der Waals surface area contributed by atoms with Crippen LogP contribution < -0.4 is 15.5 Å². The lowest BCUT2D eigenvalue weighted by atomic mass is 9.99. The standard InChI is InChI=1S/C15H23N3O/c1-15(2,10-16-3)17-12-6-7-13-11(9-12)5-8-14(19)18(13)4/h6-7,9,16-17H,5,8,10H2,1-4H3. The molecule has 0 spiro atoms. The molecule has 1 amide bonds. The van der Waals surface area contributed by atoms with Crippen molar-refractivity contribution in [2.45, 2.75) is 32.2 Å². The highest BCUT2D eigenvalue weighted by molar-refractivity contribution is 5.96. The number of fused-ring (bicyclic) bond motifs is 1. The molecule has 0 unspecified atom stereocenters. The van der Waals surface area contributed by atoms with Gasteiger partial charge < -0.3 is 15.5 Å². The molecule has 0 saturated carbocycles. The van der Waals surface area contributed by atoms with Crippen molar-refractivity contribution in [3.8, 4) is 0 Å². The highest BCUT2D eigenvalue weighted by Gasteiger charge is 2.22. The molecule has 4 nitrogen and oxygen atoms in total. The third-order valence-corrected chi connectivity index (χ3v) is 3.52. The lowest BCUT2D eigenvalue weighted by Gasteiger charge is -2.30. The fourth-order valence-corrected chi connectivity index (χ4v) is 2.61. The van der Waals surface area contributed by atoms with E-state index in [1.54, 1.807) is 4.90 Å². The highest BCUT2D eigenvalue weighted by atomic mass is 16.2. The van der Waals surface area contributed by atoms with Crippen molar-refractivity contribution < 1.29 is 4.79 Å². The summed E-state index contributed by atoms with van der Waals surface area (Å²) in [6.07, 6.45) is 1.44. The Balaban J connectivity index is 2.20. The van der Waals surface area contributed by atoms with Gasteiger partial charge in [0.15, 0.2) is 0 Å². The molecule has 0 bridgehead atoms. The molecule has 0 aromatic heterocycles. The average molecular weight is 261 g/mol. The summed E-state index contributed by atoms with van der Waals surface area (Å²) in [6.45, 7) is 5.22. The maximum absolute atomic E-state index is 11.7. The summed E-state index contributed by atoms with van der Waals surface area (Å²) in [6, 6.07) is 6.24. The third-order valence-electron chi connectivity index (χ3n) is 3.52. The predicted molar refractivity (Wildman–Crippen MR) is 79.8 cm³/mol. The molecule has 1 aliphatic heterocycles. The number of likely N-dealkylation sites (N-methyl/N-ethyl adjacent to an activating group) is 1. The van der Waals surface area contributed by atoms with Crippen LogP contribution in [0.2, 0.25) is 0 Å². The van der Waals surface area contributed by atoms with Gasteiger partial charge in [-0.2, -0.15) is 0 Å². The zero-order valence-corrected chi connectivity index (χ0v) is 12.2. The number of hydrogen-bond acceptors (Lipinski definition) is 3. The Morgan fingerprint density at radius 2 is 2.05 bits per heavy atom. The van der Waals surface area contributed by atoms with E-state index in [0.29, 0.717) is 6.42 Å². The first-order valence-electron chi connectivity index (χ1n) is 6.75. The smallest absolute Gasteiger partial charge is 0.227 e.